The van der Waals surface area contributed by atoms with Crippen LogP contribution in [0.2, 0.25) is 0 Å². The van der Waals surface area contributed by atoms with Crippen molar-refractivity contribution in [3.05, 3.63) is 15.1 Å². The molecule has 0 saturated carbocycles. The first kappa shape index (κ1) is 50.0. The molecule has 1 aliphatic rings. The number of carbonyl (C=O) groups excluding carboxylic acids is 4. The van der Waals surface area contributed by atoms with Crippen LogP contribution in [0.15, 0.2) is 0 Å². The zero-order valence-corrected chi connectivity index (χ0v) is 22.8. The summed E-state index contributed by atoms with van der Waals surface area (Å²) in [5.41, 5.74) is 7.65. The Labute approximate surface area is 240 Å². The van der Waals surface area contributed by atoms with Gasteiger partial charge < -0.3 is 62.5 Å². The first-order valence-corrected chi connectivity index (χ1v) is 9.54. The van der Waals surface area contributed by atoms with E-state index in [2.05, 4.69) is 5.32 Å². The van der Waals surface area contributed by atoms with Crippen molar-refractivity contribution in [3.8, 4) is 0 Å². The largest absolute Gasteiger partial charge is 1.00 e. The molecule has 0 atom stereocenters. The van der Waals surface area contributed by atoms with Crippen molar-refractivity contribution in [3.63, 3.8) is 0 Å². The van der Waals surface area contributed by atoms with Crippen molar-refractivity contribution in [2.24, 2.45) is 5.73 Å². The van der Waals surface area contributed by atoms with Gasteiger partial charge in [-0.05, 0) is 45.6 Å². The fourth-order valence-electron chi connectivity index (χ4n) is 1.56. The van der Waals surface area contributed by atoms with Crippen LogP contribution in [0.5, 0.6) is 0 Å². The van der Waals surface area contributed by atoms with Crippen LogP contribution < -0.4 is 83.6 Å². The minimum Gasteiger partial charge on any atom is -0.870 e. The first-order valence-electron chi connectivity index (χ1n) is 9.54. The van der Waals surface area contributed by atoms with E-state index >= 15 is 0 Å². The van der Waals surface area contributed by atoms with Gasteiger partial charge in [-0.3, -0.25) is 4.79 Å². The molecule has 0 unspecified atom stereocenters. The number of quaternary nitrogens is 1. The Kier molecular flexibility index (Phi) is 67.0. The van der Waals surface area contributed by atoms with Gasteiger partial charge in [-0.15, -0.1) is 0 Å². The molecule has 10 N–H and O–H groups in total. The number of amides is 1. The van der Waals surface area contributed by atoms with Gasteiger partial charge >= 0.3 is 51.4 Å². The van der Waals surface area contributed by atoms with E-state index in [1.54, 1.807) is 0 Å². The quantitative estimate of drug-likeness (QED) is 0.0945. The van der Waals surface area contributed by atoms with Crippen LogP contribution in [0.1, 0.15) is 58.3 Å². The van der Waals surface area contributed by atoms with Crippen molar-refractivity contribution in [2.75, 3.05) is 26.2 Å². The van der Waals surface area contributed by atoms with E-state index < -0.39 is 11.9 Å². The maximum absolute atomic E-state index is 10.2. The number of ketones is 1. The van der Waals surface area contributed by atoms with Gasteiger partial charge in [-0.25, -0.2) is 5.48 Å². The molecule has 1 aliphatic heterocycles. The predicted octanol–water partition coefficient (Wildman–Crippen LogP) is -7.65. The molecule has 200 valence electrons. The molecule has 0 aromatic carbocycles. The molecule has 0 spiro atoms. The smallest absolute Gasteiger partial charge is 0.870 e. The summed E-state index contributed by atoms with van der Waals surface area (Å²) in [5.74, 6) is -1.74. The number of hydrogen-bond acceptors (Lipinski definition) is 13. The molecule has 0 aromatic heterocycles. The monoisotopic (exact) mass is 528 g/mol. The zero-order chi connectivity index (χ0) is 24.9. The Balaban J connectivity index is -0.0000000543. The van der Waals surface area contributed by atoms with Crippen LogP contribution in [0.3, 0.4) is 0 Å². The summed E-state index contributed by atoms with van der Waals surface area (Å²) < 4.78 is 0. The molecular formula is C17H37KN4O12-2. The zero-order valence-electron chi connectivity index (χ0n) is 19.7. The number of carbonyl (C=O) groups is 4. The van der Waals surface area contributed by atoms with Gasteiger partial charge in [0.2, 0.25) is 5.91 Å². The predicted molar refractivity (Wildman–Crippen MR) is 112 cm³/mol. The van der Waals surface area contributed by atoms with Crippen molar-refractivity contribution >= 4 is 23.6 Å². The van der Waals surface area contributed by atoms with Gasteiger partial charge in [-0.2, -0.15) is 0 Å². The number of hydrogen-bond donors (Lipinski definition) is 5. The molecule has 0 radical (unpaired) electrons. The van der Waals surface area contributed by atoms with E-state index in [1.165, 1.54) is 6.92 Å². The van der Waals surface area contributed by atoms with Gasteiger partial charge in [0.05, 0.1) is 6.54 Å². The molecule has 0 aliphatic carbocycles. The topological polar surface area (TPSA) is 320 Å². The van der Waals surface area contributed by atoms with Crippen LogP contribution in [0, 0.1) is 15.1 Å². The fourth-order valence-corrected chi connectivity index (χ4v) is 1.56. The number of carboxylic acids is 2. The first-order chi connectivity index (χ1) is 14.7. The van der Waals surface area contributed by atoms with E-state index in [-0.39, 0.29) is 86.9 Å². The Morgan fingerprint density at radius 3 is 1.82 bits per heavy atom. The van der Waals surface area contributed by atoms with Gasteiger partial charge in [0.15, 0.2) is 0 Å². The third-order valence-electron chi connectivity index (χ3n) is 3.01. The number of nitrogens with two attached hydrogens (primary N) is 2. The molecule has 0 aromatic rings. The minimum absolute atomic E-state index is 0. The van der Waals surface area contributed by atoms with Gasteiger partial charge in [0.1, 0.15) is 5.78 Å². The SMILES string of the molecule is CC(=O)CCCNO.NCCCC(=O)[O-].O.O=C([O-])CCC[NH2+][O-].O=C1CCCN1.O=O.[K+].[OH-]. The van der Waals surface area contributed by atoms with Gasteiger partial charge in [0, 0.05) is 54.2 Å². The standard InChI is InChI=1S/C5H11NO2.C4H9NO3.C4H9NO2.C4H7NO.K.O2.2H2O/c1-5(7)3-2-4-6-8;6-4(7)2-1-3-5-8;5-3-1-2-4(6)7;6-4-2-1-3-5-4;;1-2;;/h6,8H,2-4H2,1H3;1-3,5H2,(H,6,7);1-3,5H2,(H,6,7);1-3H2,(H,5,6);;;2*1H2/q;;;;+1;;;/p-3. The molecule has 1 amide bonds. The molecule has 1 saturated heterocycles. The third-order valence-corrected chi connectivity index (χ3v) is 3.01. The maximum atomic E-state index is 10.2. The maximum Gasteiger partial charge on any atom is 1.00 e. The van der Waals surface area contributed by atoms with Crippen molar-refractivity contribution < 1.29 is 102 Å². The number of nitrogens with one attached hydrogen (secondary N) is 2. The minimum atomic E-state index is -1.09. The Bertz CT molecular complexity index is 434. The van der Waals surface area contributed by atoms with Crippen LogP contribution >= 0.6 is 0 Å². The van der Waals surface area contributed by atoms with Crippen LogP contribution in [0.25, 0.3) is 0 Å². The Morgan fingerprint density at radius 1 is 1.09 bits per heavy atom. The summed E-state index contributed by atoms with van der Waals surface area (Å²) in [6, 6.07) is 0. The van der Waals surface area contributed by atoms with Crippen LogP contribution in [-0.2, 0) is 19.2 Å². The molecule has 16 nitrogen and oxygen atoms in total. The summed E-state index contributed by atoms with van der Waals surface area (Å²) in [6.45, 7) is 3.66. The van der Waals surface area contributed by atoms with E-state index in [0.717, 1.165) is 19.4 Å². The van der Waals surface area contributed by atoms with Crippen LogP contribution in [0.4, 0.5) is 0 Å². The normalized spacial score (nSPS) is 9.94. The van der Waals surface area contributed by atoms with E-state index in [9.17, 15) is 34.6 Å². The third kappa shape index (κ3) is 69.7. The number of aliphatic carboxylic acids is 2. The van der Waals surface area contributed by atoms with Gasteiger partial charge in [-0.1, -0.05) is 0 Å². The summed E-state index contributed by atoms with van der Waals surface area (Å²) >= 11 is 0. The molecule has 0 bridgehead atoms. The Hall–Kier alpha value is -0.964. The van der Waals surface area contributed by atoms with E-state index in [4.69, 9.17) is 20.9 Å². The second-order valence-electron chi connectivity index (χ2n) is 5.86. The average Bonchev–Trinajstić information content (AvgIpc) is 3.20. The average molecular weight is 529 g/mol. The summed E-state index contributed by atoms with van der Waals surface area (Å²) in [6.07, 6.45) is 4.00. The van der Waals surface area contributed by atoms with Crippen molar-refractivity contribution in [1.29, 1.82) is 0 Å². The van der Waals surface area contributed by atoms with E-state index in [0.29, 0.717) is 50.8 Å². The number of rotatable bonds is 11. The second-order valence-corrected chi connectivity index (χ2v) is 5.86. The second kappa shape index (κ2) is 45.5. The number of carboxylic acid groups (broad SMARTS) is 2. The van der Waals surface area contributed by atoms with Gasteiger partial charge in [0.25, 0.3) is 0 Å². The summed E-state index contributed by atoms with van der Waals surface area (Å²) in [7, 11) is 0. The molecular weight excluding hydrogens is 491 g/mol. The number of Topliss-reactive ketones (excluding diaryl/α,β-unsaturated/α-hetero) is 1. The molecule has 1 heterocycles. The molecule has 34 heavy (non-hydrogen) atoms. The van der Waals surface area contributed by atoms with Crippen molar-refractivity contribution in [2.45, 2.75) is 58.3 Å². The number of hydroxylamine groups is 2. The summed E-state index contributed by atoms with van der Waals surface area (Å²) in [4.78, 5) is 53.6. The fraction of sp³-hybridized carbons (Fsp3) is 0.765. The Morgan fingerprint density at radius 2 is 1.59 bits per heavy atom. The van der Waals surface area contributed by atoms with Crippen LogP contribution in [-0.4, -0.2) is 66.0 Å². The van der Waals surface area contributed by atoms with Crippen molar-refractivity contribution in [1.82, 2.24) is 10.8 Å². The van der Waals surface area contributed by atoms with E-state index in [1.807, 2.05) is 5.48 Å². The molecule has 1 rings (SSSR count). The summed E-state index contributed by atoms with van der Waals surface area (Å²) in [5, 5.41) is 39.5. The molecule has 17 heteroatoms. The molecule has 1 fully saturated rings.